The average molecular weight is 199 g/mol. The van der Waals surface area contributed by atoms with Crippen molar-refractivity contribution in [3.8, 4) is 0 Å². The summed E-state index contributed by atoms with van der Waals surface area (Å²) in [7, 11) is 0. The molecule has 0 aromatic carbocycles. The summed E-state index contributed by atoms with van der Waals surface area (Å²) in [5.74, 6) is 2.56. The van der Waals surface area contributed by atoms with Gasteiger partial charge in [-0.05, 0) is 12.3 Å². The summed E-state index contributed by atoms with van der Waals surface area (Å²) in [5, 5.41) is 8.31. The van der Waals surface area contributed by atoms with E-state index in [1.165, 1.54) is 19.3 Å². The molecule has 0 atom stereocenters. The van der Waals surface area contributed by atoms with E-state index in [1.54, 1.807) is 11.8 Å². The molecule has 0 radical (unpaired) electrons. The molecule has 1 fully saturated rings. The molecule has 13 heavy (non-hydrogen) atoms. The van der Waals surface area contributed by atoms with E-state index in [-0.39, 0.29) is 0 Å². The summed E-state index contributed by atoms with van der Waals surface area (Å²) in [5.41, 5.74) is 5.34. The molecule has 0 unspecified atom stereocenters. The number of hydrogen-bond donors (Lipinski definition) is 1. The number of nitrogens with two attached hydrogens (primary N) is 1. The van der Waals surface area contributed by atoms with Crippen molar-refractivity contribution in [1.29, 1.82) is 0 Å². The molecule has 2 N–H and O–H groups in total. The van der Waals surface area contributed by atoms with Gasteiger partial charge in [-0.15, -0.1) is 10.2 Å². The lowest BCUT2D eigenvalue weighted by molar-refractivity contribution is 0.414. The lowest BCUT2D eigenvalue weighted by Crippen LogP contribution is -1.95. The zero-order valence-corrected chi connectivity index (χ0v) is 8.22. The van der Waals surface area contributed by atoms with Crippen molar-refractivity contribution in [2.75, 3.05) is 5.75 Å². The molecular weight excluding hydrogens is 186 g/mol. The van der Waals surface area contributed by atoms with Crippen molar-refractivity contribution in [3.63, 3.8) is 0 Å². The Morgan fingerprint density at radius 2 is 2.31 bits per heavy atom. The standard InChI is InChI=1S/C8H13N3OS/c9-5-7-10-11-8(12-7)13-4-3-6-1-2-6/h6H,1-5,9H2. The molecular formula is C8H13N3OS. The Kier molecular flexibility index (Phi) is 2.85. The van der Waals surface area contributed by atoms with E-state index in [1.807, 2.05) is 0 Å². The van der Waals surface area contributed by atoms with Gasteiger partial charge in [0, 0.05) is 5.75 Å². The molecule has 0 bridgehead atoms. The third kappa shape index (κ3) is 2.70. The zero-order chi connectivity index (χ0) is 9.10. The first kappa shape index (κ1) is 9.02. The summed E-state index contributed by atoms with van der Waals surface area (Å²) >= 11 is 1.63. The highest BCUT2D eigenvalue weighted by molar-refractivity contribution is 7.99. The quantitative estimate of drug-likeness (QED) is 0.726. The van der Waals surface area contributed by atoms with Gasteiger partial charge in [-0.1, -0.05) is 24.6 Å². The minimum Gasteiger partial charge on any atom is -0.415 e. The molecule has 1 aliphatic carbocycles. The average Bonchev–Trinajstić information content (AvgIpc) is 2.84. The molecule has 0 saturated heterocycles. The maximum Gasteiger partial charge on any atom is 0.276 e. The lowest BCUT2D eigenvalue weighted by atomic mass is 10.3. The van der Waals surface area contributed by atoms with Gasteiger partial charge < -0.3 is 10.2 Å². The summed E-state index contributed by atoms with van der Waals surface area (Å²) in [4.78, 5) is 0. The first-order valence-corrected chi connectivity index (χ1v) is 5.52. The van der Waals surface area contributed by atoms with Crippen LogP contribution in [0.25, 0.3) is 0 Å². The van der Waals surface area contributed by atoms with E-state index >= 15 is 0 Å². The maximum absolute atomic E-state index is 5.34. The molecule has 72 valence electrons. The summed E-state index contributed by atoms with van der Waals surface area (Å²) < 4.78 is 5.25. The Bertz CT molecular complexity index is 272. The molecule has 0 spiro atoms. The van der Waals surface area contributed by atoms with Crippen molar-refractivity contribution in [1.82, 2.24) is 10.2 Å². The van der Waals surface area contributed by atoms with E-state index in [4.69, 9.17) is 10.2 Å². The molecule has 4 nitrogen and oxygen atoms in total. The van der Waals surface area contributed by atoms with Crippen LogP contribution in [0.1, 0.15) is 25.2 Å². The Morgan fingerprint density at radius 3 is 2.92 bits per heavy atom. The first-order chi connectivity index (χ1) is 6.38. The van der Waals surface area contributed by atoms with E-state index in [0.29, 0.717) is 17.7 Å². The van der Waals surface area contributed by atoms with E-state index in [9.17, 15) is 0 Å². The number of rotatable bonds is 5. The van der Waals surface area contributed by atoms with E-state index < -0.39 is 0 Å². The molecule has 1 aromatic heterocycles. The van der Waals surface area contributed by atoms with Gasteiger partial charge in [-0.2, -0.15) is 0 Å². The van der Waals surface area contributed by atoms with E-state index in [2.05, 4.69) is 10.2 Å². The molecule has 1 aliphatic rings. The van der Waals surface area contributed by atoms with Crippen LogP contribution in [0.5, 0.6) is 0 Å². The fourth-order valence-corrected chi connectivity index (χ4v) is 1.98. The predicted molar refractivity (Wildman–Crippen MR) is 50.3 cm³/mol. The second kappa shape index (κ2) is 4.11. The lowest BCUT2D eigenvalue weighted by Gasteiger charge is -1.93. The highest BCUT2D eigenvalue weighted by Gasteiger charge is 2.20. The Labute approximate surface area is 81.3 Å². The van der Waals surface area contributed by atoms with Crippen LogP contribution < -0.4 is 5.73 Å². The second-order valence-electron chi connectivity index (χ2n) is 3.25. The zero-order valence-electron chi connectivity index (χ0n) is 7.40. The summed E-state index contributed by atoms with van der Waals surface area (Å²) in [6.07, 6.45) is 4.07. The van der Waals surface area contributed by atoms with Gasteiger partial charge in [0.2, 0.25) is 5.89 Å². The highest BCUT2D eigenvalue weighted by atomic mass is 32.2. The maximum atomic E-state index is 5.34. The van der Waals surface area contributed by atoms with E-state index in [0.717, 1.165) is 11.7 Å². The SMILES string of the molecule is NCc1nnc(SCCC2CC2)o1. The third-order valence-electron chi connectivity index (χ3n) is 2.07. The van der Waals surface area contributed by atoms with Crippen LogP contribution in [0.2, 0.25) is 0 Å². The minimum absolute atomic E-state index is 0.330. The van der Waals surface area contributed by atoms with Gasteiger partial charge in [0.1, 0.15) is 0 Å². The number of hydrogen-bond acceptors (Lipinski definition) is 5. The van der Waals surface area contributed by atoms with Crippen molar-refractivity contribution >= 4 is 11.8 Å². The topological polar surface area (TPSA) is 64.9 Å². The second-order valence-corrected chi connectivity index (χ2v) is 4.29. The smallest absolute Gasteiger partial charge is 0.276 e. The van der Waals surface area contributed by atoms with Crippen LogP contribution in [-0.2, 0) is 6.54 Å². The largest absolute Gasteiger partial charge is 0.415 e. The minimum atomic E-state index is 0.330. The molecule has 1 heterocycles. The van der Waals surface area contributed by atoms with Crippen LogP contribution in [0.4, 0.5) is 0 Å². The first-order valence-electron chi connectivity index (χ1n) is 4.53. The number of aromatic nitrogens is 2. The molecule has 0 aliphatic heterocycles. The van der Waals surface area contributed by atoms with Crippen molar-refractivity contribution < 1.29 is 4.42 Å². The van der Waals surface area contributed by atoms with Gasteiger partial charge >= 0.3 is 0 Å². The summed E-state index contributed by atoms with van der Waals surface area (Å²) in [6.45, 7) is 0.330. The summed E-state index contributed by atoms with van der Waals surface area (Å²) in [6, 6.07) is 0. The third-order valence-corrected chi connectivity index (χ3v) is 2.92. The Morgan fingerprint density at radius 1 is 1.46 bits per heavy atom. The van der Waals surface area contributed by atoms with Crippen LogP contribution >= 0.6 is 11.8 Å². The number of nitrogens with zero attached hydrogens (tertiary/aromatic N) is 2. The Hall–Kier alpha value is -0.550. The van der Waals surface area contributed by atoms with Crippen LogP contribution in [0.15, 0.2) is 9.64 Å². The van der Waals surface area contributed by atoms with Gasteiger partial charge in [0.15, 0.2) is 0 Å². The molecule has 5 heteroatoms. The van der Waals surface area contributed by atoms with Crippen LogP contribution in [0.3, 0.4) is 0 Å². The van der Waals surface area contributed by atoms with Crippen molar-refractivity contribution in [2.24, 2.45) is 11.7 Å². The van der Waals surface area contributed by atoms with Gasteiger partial charge in [-0.25, -0.2) is 0 Å². The molecule has 1 saturated carbocycles. The fraction of sp³-hybridized carbons (Fsp3) is 0.750. The van der Waals surface area contributed by atoms with Crippen molar-refractivity contribution in [3.05, 3.63) is 5.89 Å². The number of thioether (sulfide) groups is 1. The van der Waals surface area contributed by atoms with Crippen LogP contribution in [0, 0.1) is 5.92 Å². The fourth-order valence-electron chi connectivity index (χ4n) is 1.10. The van der Waals surface area contributed by atoms with Gasteiger partial charge in [-0.3, -0.25) is 0 Å². The molecule has 1 aromatic rings. The monoisotopic (exact) mass is 199 g/mol. The highest BCUT2D eigenvalue weighted by Crippen LogP contribution is 2.34. The van der Waals surface area contributed by atoms with Crippen molar-refractivity contribution in [2.45, 2.75) is 31.0 Å². The van der Waals surface area contributed by atoms with Crippen LogP contribution in [-0.4, -0.2) is 16.0 Å². The molecule has 2 rings (SSSR count). The molecule has 0 amide bonds. The predicted octanol–water partition coefficient (Wildman–Crippen LogP) is 1.42. The van der Waals surface area contributed by atoms with Gasteiger partial charge in [0.25, 0.3) is 5.22 Å². The normalized spacial score (nSPS) is 16.4. The van der Waals surface area contributed by atoms with Gasteiger partial charge in [0.05, 0.1) is 6.54 Å². The Balaban J connectivity index is 1.72.